The summed E-state index contributed by atoms with van der Waals surface area (Å²) in [7, 11) is 0. The molecule has 1 aromatic heterocycles. The zero-order valence-electron chi connectivity index (χ0n) is 9.07. The monoisotopic (exact) mass is 207 g/mol. The summed E-state index contributed by atoms with van der Waals surface area (Å²) in [6, 6.07) is 0. The van der Waals surface area contributed by atoms with E-state index >= 15 is 0 Å². The molecule has 0 bridgehead atoms. The Balaban J connectivity index is 1.65. The lowest BCUT2D eigenvalue weighted by molar-refractivity contribution is 0.252. The molecule has 1 saturated heterocycles. The van der Waals surface area contributed by atoms with Crippen LogP contribution in [0.2, 0.25) is 0 Å². The molecule has 1 aliphatic heterocycles. The maximum Gasteiger partial charge on any atom is 0.229 e. The van der Waals surface area contributed by atoms with Gasteiger partial charge in [-0.25, -0.2) is 0 Å². The van der Waals surface area contributed by atoms with Gasteiger partial charge in [0, 0.05) is 12.3 Å². The molecule has 1 unspecified atom stereocenters. The van der Waals surface area contributed by atoms with Crippen LogP contribution in [0.4, 0.5) is 0 Å². The van der Waals surface area contributed by atoms with Crippen LogP contribution in [0.5, 0.6) is 0 Å². The van der Waals surface area contributed by atoms with Crippen molar-refractivity contribution < 1.29 is 4.52 Å². The molecule has 1 aromatic rings. The molecule has 1 N–H and O–H groups in total. The normalized spacial score (nSPS) is 23.8. The number of hydrogen-bond donors (Lipinski definition) is 1. The molecule has 2 aliphatic rings. The number of nitrogens with one attached hydrogen (secondary N) is 1. The molecule has 1 saturated carbocycles. The first-order chi connectivity index (χ1) is 7.33. The van der Waals surface area contributed by atoms with Crippen LogP contribution < -0.4 is 5.32 Å². The average molecular weight is 207 g/mol. The standard InChI is InChI=1S/C11H17N3O/c1-7(9-5-12-6-9)11-13-10(14-15-11)4-8-2-3-8/h7-9,12H,2-6H2,1H3. The van der Waals surface area contributed by atoms with Gasteiger partial charge in [-0.05, 0) is 37.8 Å². The molecule has 0 aromatic carbocycles. The molecular weight excluding hydrogens is 190 g/mol. The van der Waals surface area contributed by atoms with Gasteiger partial charge in [0.25, 0.3) is 0 Å². The Hall–Kier alpha value is -0.900. The maximum absolute atomic E-state index is 5.32. The van der Waals surface area contributed by atoms with E-state index in [0.717, 1.165) is 37.1 Å². The average Bonchev–Trinajstić information content (AvgIpc) is 2.79. The first-order valence-corrected chi connectivity index (χ1v) is 5.86. The number of rotatable bonds is 4. The maximum atomic E-state index is 5.32. The van der Waals surface area contributed by atoms with Crippen LogP contribution in [0, 0.1) is 11.8 Å². The van der Waals surface area contributed by atoms with E-state index in [4.69, 9.17) is 4.52 Å². The molecular formula is C11H17N3O. The molecule has 15 heavy (non-hydrogen) atoms. The van der Waals surface area contributed by atoms with Crippen LogP contribution in [0.25, 0.3) is 0 Å². The van der Waals surface area contributed by atoms with E-state index < -0.39 is 0 Å². The third-order valence-electron chi connectivity index (χ3n) is 3.56. The van der Waals surface area contributed by atoms with E-state index in [1.165, 1.54) is 12.8 Å². The fraction of sp³-hybridized carbons (Fsp3) is 0.818. The van der Waals surface area contributed by atoms with E-state index in [1.807, 2.05) is 0 Å². The van der Waals surface area contributed by atoms with Crippen molar-refractivity contribution in [1.82, 2.24) is 15.5 Å². The van der Waals surface area contributed by atoms with Crippen molar-refractivity contribution in [2.45, 2.75) is 32.1 Å². The van der Waals surface area contributed by atoms with Crippen molar-refractivity contribution in [3.63, 3.8) is 0 Å². The zero-order chi connectivity index (χ0) is 10.3. The van der Waals surface area contributed by atoms with Crippen LogP contribution in [0.1, 0.15) is 37.4 Å². The lowest BCUT2D eigenvalue weighted by Gasteiger charge is -2.30. The SMILES string of the molecule is CC(c1nc(CC2CC2)no1)C1CNC1. The highest BCUT2D eigenvalue weighted by Gasteiger charge is 2.30. The second-order valence-corrected chi connectivity index (χ2v) is 4.90. The van der Waals surface area contributed by atoms with E-state index in [-0.39, 0.29) is 0 Å². The largest absolute Gasteiger partial charge is 0.339 e. The smallest absolute Gasteiger partial charge is 0.229 e. The van der Waals surface area contributed by atoms with Gasteiger partial charge < -0.3 is 9.84 Å². The van der Waals surface area contributed by atoms with E-state index in [0.29, 0.717) is 11.8 Å². The second kappa shape index (κ2) is 3.59. The van der Waals surface area contributed by atoms with E-state index in [1.54, 1.807) is 0 Å². The minimum atomic E-state index is 0.409. The van der Waals surface area contributed by atoms with Gasteiger partial charge in [0.15, 0.2) is 5.82 Å². The van der Waals surface area contributed by atoms with Gasteiger partial charge in [-0.3, -0.25) is 0 Å². The van der Waals surface area contributed by atoms with Crippen LogP contribution in [-0.2, 0) is 6.42 Å². The molecule has 0 spiro atoms. The highest BCUT2D eigenvalue weighted by Crippen LogP contribution is 2.32. The molecule has 0 radical (unpaired) electrons. The van der Waals surface area contributed by atoms with Gasteiger partial charge in [-0.1, -0.05) is 12.1 Å². The molecule has 4 nitrogen and oxygen atoms in total. The number of hydrogen-bond acceptors (Lipinski definition) is 4. The Bertz CT molecular complexity index is 341. The molecule has 2 heterocycles. The van der Waals surface area contributed by atoms with Crippen molar-refractivity contribution >= 4 is 0 Å². The lowest BCUT2D eigenvalue weighted by atomic mass is 9.89. The van der Waals surface area contributed by atoms with Crippen molar-refractivity contribution in [2.24, 2.45) is 11.8 Å². The van der Waals surface area contributed by atoms with Crippen LogP contribution in [-0.4, -0.2) is 23.2 Å². The molecule has 3 rings (SSSR count). The lowest BCUT2D eigenvalue weighted by Crippen LogP contribution is -2.44. The minimum Gasteiger partial charge on any atom is -0.339 e. The first-order valence-electron chi connectivity index (χ1n) is 5.86. The summed E-state index contributed by atoms with van der Waals surface area (Å²) in [4.78, 5) is 4.49. The van der Waals surface area contributed by atoms with Crippen LogP contribution in [0.15, 0.2) is 4.52 Å². The van der Waals surface area contributed by atoms with Crippen molar-refractivity contribution in [2.75, 3.05) is 13.1 Å². The van der Waals surface area contributed by atoms with Crippen LogP contribution >= 0.6 is 0 Å². The highest BCUT2D eigenvalue weighted by molar-refractivity contribution is 5.00. The van der Waals surface area contributed by atoms with Gasteiger partial charge >= 0.3 is 0 Å². The predicted octanol–water partition coefficient (Wildman–Crippen LogP) is 1.34. The molecule has 4 heteroatoms. The van der Waals surface area contributed by atoms with Gasteiger partial charge in [-0.2, -0.15) is 4.98 Å². The third kappa shape index (κ3) is 1.91. The number of aromatic nitrogens is 2. The van der Waals surface area contributed by atoms with Gasteiger partial charge in [0.2, 0.25) is 5.89 Å². The Kier molecular flexibility index (Phi) is 2.24. The highest BCUT2D eigenvalue weighted by atomic mass is 16.5. The molecule has 1 atom stereocenters. The summed E-state index contributed by atoms with van der Waals surface area (Å²) in [6.07, 6.45) is 3.69. The molecule has 82 valence electrons. The summed E-state index contributed by atoms with van der Waals surface area (Å²) < 4.78 is 5.32. The van der Waals surface area contributed by atoms with Crippen molar-refractivity contribution in [3.8, 4) is 0 Å². The van der Waals surface area contributed by atoms with E-state index in [2.05, 4.69) is 22.4 Å². The number of nitrogens with zero attached hydrogens (tertiary/aromatic N) is 2. The van der Waals surface area contributed by atoms with E-state index in [9.17, 15) is 0 Å². The Morgan fingerprint density at radius 2 is 2.27 bits per heavy atom. The molecule has 1 aliphatic carbocycles. The summed E-state index contributed by atoms with van der Waals surface area (Å²) in [5.74, 6) is 3.66. The zero-order valence-corrected chi connectivity index (χ0v) is 9.07. The van der Waals surface area contributed by atoms with Crippen molar-refractivity contribution in [3.05, 3.63) is 11.7 Å². The fourth-order valence-corrected chi connectivity index (χ4v) is 1.98. The Morgan fingerprint density at radius 3 is 2.87 bits per heavy atom. The molecule has 2 fully saturated rings. The minimum absolute atomic E-state index is 0.409. The third-order valence-corrected chi connectivity index (χ3v) is 3.56. The predicted molar refractivity (Wildman–Crippen MR) is 55.5 cm³/mol. The quantitative estimate of drug-likeness (QED) is 0.809. The van der Waals surface area contributed by atoms with Gasteiger partial charge in [0.05, 0.1) is 0 Å². The second-order valence-electron chi connectivity index (χ2n) is 4.90. The van der Waals surface area contributed by atoms with Crippen LogP contribution in [0.3, 0.4) is 0 Å². The van der Waals surface area contributed by atoms with Crippen molar-refractivity contribution in [1.29, 1.82) is 0 Å². The summed E-state index contributed by atoms with van der Waals surface area (Å²) in [5.41, 5.74) is 0. The van der Waals surface area contributed by atoms with Gasteiger partial charge in [0.1, 0.15) is 0 Å². The van der Waals surface area contributed by atoms with Gasteiger partial charge in [-0.15, -0.1) is 0 Å². The molecule has 0 amide bonds. The Labute approximate surface area is 89.4 Å². The first kappa shape index (κ1) is 9.33. The summed E-state index contributed by atoms with van der Waals surface area (Å²) >= 11 is 0. The topological polar surface area (TPSA) is 51.0 Å². The summed E-state index contributed by atoms with van der Waals surface area (Å²) in [6.45, 7) is 4.35. The Morgan fingerprint density at radius 1 is 1.47 bits per heavy atom. The fourth-order valence-electron chi connectivity index (χ4n) is 1.98. The summed E-state index contributed by atoms with van der Waals surface area (Å²) in [5, 5.41) is 7.32.